The third-order valence-corrected chi connectivity index (χ3v) is 3.35. The van der Waals surface area contributed by atoms with E-state index in [0.717, 1.165) is 0 Å². The molecule has 0 aliphatic heterocycles. The van der Waals surface area contributed by atoms with Gasteiger partial charge in [0.2, 0.25) is 5.91 Å². The quantitative estimate of drug-likeness (QED) is 0.689. The second-order valence-electron chi connectivity index (χ2n) is 5.16. The molecular weight excluding hydrogens is 309 g/mol. The Kier molecular flexibility index (Phi) is 8.67. The number of halogens is 2. The van der Waals surface area contributed by atoms with Gasteiger partial charge in [-0.2, -0.15) is 0 Å². The van der Waals surface area contributed by atoms with Crippen LogP contribution in [0.15, 0.2) is 18.2 Å². The summed E-state index contributed by atoms with van der Waals surface area (Å²) in [6.07, 6.45) is 0. The Morgan fingerprint density at radius 2 is 1.82 bits per heavy atom. The number of carbonyl (C=O) groups excluding carboxylic acids is 2. The van der Waals surface area contributed by atoms with E-state index >= 15 is 0 Å². The van der Waals surface area contributed by atoms with Crippen molar-refractivity contribution in [2.75, 3.05) is 13.1 Å². The highest BCUT2D eigenvalue weighted by atomic mass is 35.5. The van der Waals surface area contributed by atoms with Crippen molar-refractivity contribution < 1.29 is 14.0 Å². The van der Waals surface area contributed by atoms with Crippen LogP contribution >= 0.6 is 12.4 Å². The maximum atomic E-state index is 13.3. The molecule has 0 bridgehead atoms. The lowest BCUT2D eigenvalue weighted by molar-refractivity contribution is -0.124. The van der Waals surface area contributed by atoms with Crippen LogP contribution in [0, 0.1) is 18.7 Å². The maximum Gasteiger partial charge on any atom is 0.251 e. The topological polar surface area (TPSA) is 84.2 Å². The van der Waals surface area contributed by atoms with E-state index in [9.17, 15) is 14.0 Å². The lowest BCUT2D eigenvalue weighted by Gasteiger charge is -2.15. The summed E-state index contributed by atoms with van der Waals surface area (Å²) in [7, 11) is 0. The first-order valence-corrected chi connectivity index (χ1v) is 6.90. The zero-order valence-electron chi connectivity index (χ0n) is 13.0. The number of aryl methyl sites for hydroxylation is 1. The molecule has 0 radical (unpaired) electrons. The van der Waals surface area contributed by atoms with Crippen molar-refractivity contribution in [3.8, 4) is 0 Å². The third-order valence-electron chi connectivity index (χ3n) is 3.35. The van der Waals surface area contributed by atoms with Gasteiger partial charge in [0.05, 0.1) is 0 Å². The first-order chi connectivity index (χ1) is 9.82. The van der Waals surface area contributed by atoms with Crippen LogP contribution in [0.5, 0.6) is 0 Å². The lowest BCUT2D eigenvalue weighted by atomic mass is 10.0. The first-order valence-electron chi connectivity index (χ1n) is 6.90. The van der Waals surface area contributed by atoms with Crippen LogP contribution in [-0.2, 0) is 4.79 Å². The molecule has 0 spiro atoms. The Morgan fingerprint density at radius 1 is 1.23 bits per heavy atom. The van der Waals surface area contributed by atoms with Crippen LogP contribution in [0.1, 0.15) is 29.8 Å². The molecular formula is C15H23ClFN3O2. The number of carbonyl (C=O) groups is 2. The van der Waals surface area contributed by atoms with Crippen LogP contribution in [0.25, 0.3) is 0 Å². The summed E-state index contributed by atoms with van der Waals surface area (Å²) in [5.74, 6) is -1.22. The fraction of sp³-hybridized carbons (Fsp3) is 0.467. The molecule has 22 heavy (non-hydrogen) atoms. The Balaban J connectivity index is 0.00000441. The second kappa shape index (κ2) is 9.38. The first kappa shape index (κ1) is 20.3. The Bertz CT molecular complexity index is 524. The van der Waals surface area contributed by atoms with Crippen molar-refractivity contribution >= 4 is 24.2 Å². The molecule has 0 saturated heterocycles. The van der Waals surface area contributed by atoms with E-state index in [1.54, 1.807) is 32.9 Å². The average molecular weight is 332 g/mol. The molecule has 0 aliphatic carbocycles. The van der Waals surface area contributed by atoms with Gasteiger partial charge in [-0.15, -0.1) is 12.4 Å². The third kappa shape index (κ3) is 5.99. The monoisotopic (exact) mass is 331 g/mol. The van der Waals surface area contributed by atoms with Crippen LogP contribution in [0.4, 0.5) is 4.39 Å². The number of hydrogen-bond acceptors (Lipinski definition) is 3. The molecule has 1 rings (SSSR count). The second-order valence-corrected chi connectivity index (χ2v) is 5.16. The van der Waals surface area contributed by atoms with Crippen LogP contribution < -0.4 is 16.4 Å². The van der Waals surface area contributed by atoms with Crippen molar-refractivity contribution in [2.45, 2.75) is 26.8 Å². The molecule has 2 unspecified atom stereocenters. The predicted molar refractivity (Wildman–Crippen MR) is 86.5 cm³/mol. The van der Waals surface area contributed by atoms with Crippen LogP contribution in [0.3, 0.4) is 0 Å². The van der Waals surface area contributed by atoms with Crippen molar-refractivity contribution in [3.63, 3.8) is 0 Å². The molecule has 0 saturated carbocycles. The molecule has 7 heteroatoms. The fourth-order valence-corrected chi connectivity index (χ4v) is 1.60. The van der Waals surface area contributed by atoms with Crippen molar-refractivity contribution in [1.82, 2.24) is 10.6 Å². The fourth-order valence-electron chi connectivity index (χ4n) is 1.60. The van der Waals surface area contributed by atoms with Gasteiger partial charge in [0.1, 0.15) is 5.82 Å². The van der Waals surface area contributed by atoms with Crippen molar-refractivity contribution in [2.24, 2.45) is 11.7 Å². The van der Waals surface area contributed by atoms with E-state index in [4.69, 9.17) is 5.73 Å². The summed E-state index contributed by atoms with van der Waals surface area (Å²) in [4.78, 5) is 23.4. The average Bonchev–Trinajstić information content (AvgIpc) is 2.44. The lowest BCUT2D eigenvalue weighted by Crippen LogP contribution is -2.41. The highest BCUT2D eigenvalue weighted by molar-refractivity contribution is 5.94. The van der Waals surface area contributed by atoms with Gasteiger partial charge in [-0.25, -0.2) is 4.39 Å². The standard InChI is InChI=1S/C15H22FN3O2.ClH/c1-9-4-5-12(8-13(9)16)15(21)19-7-6-18-14(20)10(2)11(3)17;/h4-5,8,10-11H,6-7,17H2,1-3H3,(H,18,20)(H,19,21);1H. The Morgan fingerprint density at radius 3 is 2.36 bits per heavy atom. The highest BCUT2D eigenvalue weighted by Gasteiger charge is 2.16. The molecule has 0 heterocycles. The summed E-state index contributed by atoms with van der Waals surface area (Å²) in [6, 6.07) is 4.08. The van der Waals surface area contributed by atoms with Gasteiger partial charge < -0.3 is 16.4 Å². The van der Waals surface area contributed by atoms with E-state index in [0.29, 0.717) is 12.1 Å². The van der Waals surface area contributed by atoms with Gasteiger partial charge in [-0.05, 0) is 31.5 Å². The number of nitrogens with one attached hydrogen (secondary N) is 2. The van der Waals surface area contributed by atoms with Gasteiger partial charge in [0.15, 0.2) is 0 Å². The molecule has 4 N–H and O–H groups in total. The summed E-state index contributed by atoms with van der Waals surface area (Å²) in [5.41, 5.74) is 6.37. The number of hydrogen-bond donors (Lipinski definition) is 3. The molecule has 1 aromatic rings. The minimum Gasteiger partial charge on any atom is -0.354 e. The molecule has 2 amide bonds. The van der Waals surface area contributed by atoms with E-state index in [1.807, 2.05) is 0 Å². The minimum atomic E-state index is -0.415. The zero-order valence-corrected chi connectivity index (χ0v) is 13.8. The summed E-state index contributed by atoms with van der Waals surface area (Å²) in [5, 5.41) is 5.30. The number of benzene rings is 1. The van der Waals surface area contributed by atoms with E-state index < -0.39 is 5.82 Å². The van der Waals surface area contributed by atoms with Crippen molar-refractivity contribution in [3.05, 3.63) is 35.1 Å². The van der Waals surface area contributed by atoms with Gasteiger partial charge in [0.25, 0.3) is 5.91 Å². The minimum absolute atomic E-state index is 0. The number of amides is 2. The summed E-state index contributed by atoms with van der Waals surface area (Å²) in [6.45, 7) is 5.71. The van der Waals surface area contributed by atoms with Crippen LogP contribution in [0.2, 0.25) is 0 Å². The predicted octanol–water partition coefficient (Wildman–Crippen LogP) is 1.39. The zero-order chi connectivity index (χ0) is 16.0. The number of nitrogens with two attached hydrogens (primary N) is 1. The summed E-state index contributed by atoms with van der Waals surface area (Å²) < 4.78 is 13.3. The molecule has 5 nitrogen and oxygen atoms in total. The van der Waals surface area contributed by atoms with Crippen molar-refractivity contribution in [1.29, 1.82) is 0 Å². The normalized spacial score (nSPS) is 12.8. The SMILES string of the molecule is Cc1ccc(C(=O)NCCNC(=O)C(C)C(C)N)cc1F.Cl. The van der Waals surface area contributed by atoms with E-state index in [2.05, 4.69) is 10.6 Å². The van der Waals surface area contributed by atoms with E-state index in [-0.39, 0.29) is 48.3 Å². The van der Waals surface area contributed by atoms with Crippen LogP contribution in [-0.4, -0.2) is 30.9 Å². The molecule has 0 aliphatic rings. The molecule has 0 fully saturated rings. The maximum absolute atomic E-state index is 13.3. The molecule has 0 aromatic heterocycles. The van der Waals surface area contributed by atoms with Gasteiger partial charge in [-0.1, -0.05) is 13.0 Å². The molecule has 1 aromatic carbocycles. The highest BCUT2D eigenvalue weighted by Crippen LogP contribution is 2.08. The molecule has 2 atom stereocenters. The summed E-state index contributed by atoms with van der Waals surface area (Å²) >= 11 is 0. The largest absolute Gasteiger partial charge is 0.354 e. The number of rotatable bonds is 6. The van der Waals surface area contributed by atoms with Gasteiger partial charge >= 0.3 is 0 Å². The Hall–Kier alpha value is -1.66. The molecule has 124 valence electrons. The van der Waals surface area contributed by atoms with E-state index in [1.165, 1.54) is 6.07 Å². The van der Waals surface area contributed by atoms with Gasteiger partial charge in [-0.3, -0.25) is 9.59 Å². The van der Waals surface area contributed by atoms with Gasteiger partial charge in [0, 0.05) is 30.6 Å². The Labute approximate surface area is 136 Å². The smallest absolute Gasteiger partial charge is 0.251 e.